The topological polar surface area (TPSA) is 79.5 Å². The van der Waals surface area contributed by atoms with E-state index in [9.17, 15) is 8.42 Å². The van der Waals surface area contributed by atoms with E-state index in [1.165, 1.54) is 4.31 Å². The van der Waals surface area contributed by atoms with Gasteiger partial charge in [-0.1, -0.05) is 23.6 Å². The second-order valence-corrected chi connectivity index (χ2v) is 8.66. The number of aryl methyl sites for hydroxylation is 1. The number of hydrogen-bond acceptors (Lipinski definition) is 7. The van der Waals surface area contributed by atoms with Crippen molar-refractivity contribution in [1.29, 1.82) is 0 Å². The van der Waals surface area contributed by atoms with E-state index >= 15 is 0 Å². The van der Waals surface area contributed by atoms with Gasteiger partial charge in [0.15, 0.2) is 0 Å². The highest BCUT2D eigenvalue weighted by Crippen LogP contribution is 2.29. The minimum Gasteiger partial charge on any atom is -0.408 e. The number of hydrogen-bond donors (Lipinski definition) is 0. The van der Waals surface area contributed by atoms with Crippen LogP contribution in [0.15, 0.2) is 20.8 Å². The van der Waals surface area contributed by atoms with Crippen LogP contribution in [-0.4, -0.2) is 49.1 Å². The molecule has 0 saturated carbocycles. The molecular weight excluding hydrogens is 348 g/mol. The summed E-state index contributed by atoms with van der Waals surface area (Å²) >= 11 is 6.90. The maximum atomic E-state index is 12.5. The summed E-state index contributed by atoms with van der Waals surface area (Å²) in [5, 5.41) is 7.91. The highest BCUT2D eigenvalue weighted by atomic mass is 35.5. The summed E-state index contributed by atoms with van der Waals surface area (Å²) in [6.07, 6.45) is 0.681. The van der Waals surface area contributed by atoms with Gasteiger partial charge in [-0.05, 0) is 12.1 Å². The Labute approximate surface area is 137 Å². The molecule has 0 unspecified atom stereocenters. The van der Waals surface area contributed by atoms with E-state index in [-0.39, 0.29) is 4.21 Å². The molecule has 2 aromatic heterocycles. The lowest BCUT2D eigenvalue weighted by atomic mass is 10.4. The molecule has 1 saturated heterocycles. The molecule has 2 aromatic rings. The summed E-state index contributed by atoms with van der Waals surface area (Å²) in [4.78, 5) is 1.90. The Bertz CT molecular complexity index is 750. The fourth-order valence-corrected chi connectivity index (χ4v) is 5.26. The van der Waals surface area contributed by atoms with Crippen LogP contribution in [0.25, 0.3) is 0 Å². The molecule has 10 heteroatoms. The van der Waals surface area contributed by atoms with E-state index < -0.39 is 10.0 Å². The third-order valence-corrected chi connectivity index (χ3v) is 7.01. The van der Waals surface area contributed by atoms with Crippen molar-refractivity contribution >= 4 is 39.0 Å². The molecule has 0 atom stereocenters. The summed E-state index contributed by atoms with van der Waals surface area (Å²) in [5.74, 6) is 0.582. The lowest BCUT2D eigenvalue weighted by Gasteiger charge is -2.32. The van der Waals surface area contributed by atoms with Crippen LogP contribution in [0, 0.1) is 0 Å². The van der Waals surface area contributed by atoms with Crippen LogP contribution in [0.1, 0.15) is 12.8 Å². The molecule has 1 aliphatic heterocycles. The second-order valence-electron chi connectivity index (χ2n) is 4.78. The summed E-state index contributed by atoms with van der Waals surface area (Å²) < 4.78 is 32.7. The Hall–Kier alpha value is -1.16. The number of halogens is 1. The van der Waals surface area contributed by atoms with Crippen molar-refractivity contribution in [2.75, 3.05) is 31.1 Å². The summed E-state index contributed by atoms with van der Waals surface area (Å²) in [6.45, 7) is 3.73. The monoisotopic (exact) mass is 362 g/mol. The minimum atomic E-state index is -3.47. The van der Waals surface area contributed by atoms with Crippen LogP contribution >= 0.6 is 22.9 Å². The molecule has 120 valence electrons. The van der Waals surface area contributed by atoms with Gasteiger partial charge in [0, 0.05) is 32.6 Å². The Balaban J connectivity index is 1.68. The maximum Gasteiger partial charge on any atom is 0.318 e. The van der Waals surface area contributed by atoms with Crippen molar-refractivity contribution in [3.8, 4) is 0 Å². The van der Waals surface area contributed by atoms with Crippen LogP contribution in [0.3, 0.4) is 0 Å². The first kappa shape index (κ1) is 15.7. The van der Waals surface area contributed by atoms with Crippen molar-refractivity contribution in [1.82, 2.24) is 14.5 Å². The number of piperazine rings is 1. The van der Waals surface area contributed by atoms with Crippen molar-refractivity contribution < 1.29 is 12.8 Å². The predicted molar refractivity (Wildman–Crippen MR) is 84.0 cm³/mol. The maximum absolute atomic E-state index is 12.5. The zero-order chi connectivity index (χ0) is 15.7. The van der Waals surface area contributed by atoms with E-state index in [4.69, 9.17) is 16.0 Å². The molecule has 0 N–H and O–H groups in total. The Morgan fingerprint density at radius 1 is 1.27 bits per heavy atom. The first-order valence-corrected chi connectivity index (χ1v) is 9.47. The van der Waals surface area contributed by atoms with E-state index in [0.717, 1.165) is 11.3 Å². The molecule has 0 aliphatic carbocycles. The highest BCUT2D eigenvalue weighted by molar-refractivity contribution is 7.91. The van der Waals surface area contributed by atoms with Crippen LogP contribution in [0.5, 0.6) is 0 Å². The average Bonchev–Trinajstić information content (AvgIpc) is 3.16. The van der Waals surface area contributed by atoms with Crippen LogP contribution in [0.2, 0.25) is 4.34 Å². The van der Waals surface area contributed by atoms with Gasteiger partial charge in [-0.25, -0.2) is 8.42 Å². The molecule has 1 fully saturated rings. The van der Waals surface area contributed by atoms with Crippen molar-refractivity contribution in [3.05, 3.63) is 22.4 Å². The van der Waals surface area contributed by atoms with Crippen LogP contribution in [0.4, 0.5) is 6.01 Å². The van der Waals surface area contributed by atoms with Gasteiger partial charge in [-0.2, -0.15) is 4.31 Å². The molecular formula is C12H15ClN4O3S2. The normalized spacial score (nSPS) is 17.1. The van der Waals surface area contributed by atoms with Crippen molar-refractivity contribution in [2.24, 2.45) is 0 Å². The fraction of sp³-hybridized carbons (Fsp3) is 0.500. The molecule has 0 bridgehead atoms. The van der Waals surface area contributed by atoms with Crippen LogP contribution < -0.4 is 4.90 Å². The molecule has 0 radical (unpaired) electrons. The quantitative estimate of drug-likeness (QED) is 0.825. The Kier molecular flexibility index (Phi) is 4.40. The Morgan fingerprint density at radius 3 is 2.55 bits per heavy atom. The van der Waals surface area contributed by atoms with Gasteiger partial charge in [-0.15, -0.1) is 16.4 Å². The summed E-state index contributed by atoms with van der Waals surface area (Å²) in [5.41, 5.74) is 0. The SMILES string of the molecule is CCc1nnc(N2CCN(S(=O)(=O)c3ccc(Cl)s3)CC2)o1. The van der Waals surface area contributed by atoms with Gasteiger partial charge in [0.05, 0.1) is 4.34 Å². The lowest BCUT2D eigenvalue weighted by Crippen LogP contribution is -2.48. The highest BCUT2D eigenvalue weighted by Gasteiger charge is 2.31. The van der Waals surface area contributed by atoms with Gasteiger partial charge < -0.3 is 9.32 Å². The zero-order valence-electron chi connectivity index (χ0n) is 11.9. The van der Waals surface area contributed by atoms with Gasteiger partial charge in [-0.3, -0.25) is 0 Å². The van der Waals surface area contributed by atoms with Crippen molar-refractivity contribution in [3.63, 3.8) is 0 Å². The molecule has 3 heterocycles. The fourth-order valence-electron chi connectivity index (χ4n) is 2.20. The number of nitrogens with zero attached hydrogens (tertiary/aromatic N) is 4. The average molecular weight is 363 g/mol. The lowest BCUT2D eigenvalue weighted by molar-refractivity contribution is 0.370. The number of thiophene rings is 1. The van der Waals surface area contributed by atoms with Crippen LogP contribution in [-0.2, 0) is 16.4 Å². The minimum absolute atomic E-state index is 0.275. The smallest absolute Gasteiger partial charge is 0.318 e. The van der Waals surface area contributed by atoms with Gasteiger partial charge in [0.25, 0.3) is 10.0 Å². The zero-order valence-corrected chi connectivity index (χ0v) is 14.3. The molecule has 0 aromatic carbocycles. The first-order valence-electron chi connectivity index (χ1n) is 6.83. The molecule has 3 rings (SSSR count). The molecule has 0 amide bonds. The number of rotatable bonds is 4. The largest absolute Gasteiger partial charge is 0.408 e. The third-order valence-electron chi connectivity index (χ3n) is 3.41. The molecule has 7 nitrogen and oxygen atoms in total. The third kappa shape index (κ3) is 2.98. The number of sulfonamides is 1. The molecule has 0 spiro atoms. The molecule has 1 aliphatic rings. The van der Waals surface area contributed by atoms with Crippen molar-refractivity contribution in [2.45, 2.75) is 17.6 Å². The van der Waals surface area contributed by atoms with E-state index in [2.05, 4.69) is 10.2 Å². The van der Waals surface area contributed by atoms with E-state index in [0.29, 0.717) is 48.8 Å². The standard InChI is InChI=1S/C12H15ClN4O3S2/c1-2-10-14-15-12(20-10)16-5-7-17(8-6-16)22(18,19)11-4-3-9(13)21-11/h3-4H,2,5-8H2,1H3. The van der Waals surface area contributed by atoms with Gasteiger partial charge >= 0.3 is 6.01 Å². The summed E-state index contributed by atoms with van der Waals surface area (Å²) in [6, 6.07) is 3.59. The van der Waals surface area contributed by atoms with E-state index in [1.807, 2.05) is 11.8 Å². The van der Waals surface area contributed by atoms with E-state index in [1.54, 1.807) is 12.1 Å². The second kappa shape index (κ2) is 6.15. The summed E-state index contributed by atoms with van der Waals surface area (Å²) in [7, 11) is -3.47. The number of anilines is 1. The van der Waals surface area contributed by atoms with Gasteiger partial charge in [0.2, 0.25) is 5.89 Å². The Morgan fingerprint density at radius 2 is 2.00 bits per heavy atom. The number of aromatic nitrogens is 2. The molecule has 22 heavy (non-hydrogen) atoms. The predicted octanol–water partition coefficient (Wildman–Crippen LogP) is 1.86. The van der Waals surface area contributed by atoms with Gasteiger partial charge in [0.1, 0.15) is 4.21 Å². The first-order chi connectivity index (χ1) is 10.5.